The molecular formula is C15H31ClN2O. The number of hydrogen-bond acceptors (Lipinski definition) is 2. The van der Waals surface area contributed by atoms with E-state index in [4.69, 9.17) is 5.73 Å². The summed E-state index contributed by atoms with van der Waals surface area (Å²) in [7, 11) is 1.91. The molecule has 0 aromatic carbocycles. The fourth-order valence-electron chi connectivity index (χ4n) is 2.94. The number of carbonyl (C=O) groups excluding carboxylic acids is 1. The van der Waals surface area contributed by atoms with E-state index in [0.29, 0.717) is 12.5 Å². The van der Waals surface area contributed by atoms with Crippen LogP contribution in [0.1, 0.15) is 52.9 Å². The summed E-state index contributed by atoms with van der Waals surface area (Å²) >= 11 is 0. The van der Waals surface area contributed by atoms with Crippen LogP contribution < -0.4 is 5.73 Å². The predicted molar refractivity (Wildman–Crippen MR) is 83.5 cm³/mol. The van der Waals surface area contributed by atoms with Crippen molar-refractivity contribution in [3.63, 3.8) is 0 Å². The Bertz CT molecular complexity index is 281. The van der Waals surface area contributed by atoms with Crippen LogP contribution in [0.3, 0.4) is 0 Å². The number of rotatable bonds is 5. The van der Waals surface area contributed by atoms with Crippen LogP contribution in [0.2, 0.25) is 0 Å². The molecule has 0 heterocycles. The van der Waals surface area contributed by atoms with Crippen molar-refractivity contribution >= 4 is 18.3 Å². The van der Waals surface area contributed by atoms with Gasteiger partial charge in [-0.2, -0.15) is 0 Å². The maximum atomic E-state index is 12.2. The minimum atomic E-state index is 0. The lowest BCUT2D eigenvalue weighted by Crippen LogP contribution is -2.40. The van der Waals surface area contributed by atoms with Gasteiger partial charge in [0.25, 0.3) is 0 Å². The van der Waals surface area contributed by atoms with Gasteiger partial charge < -0.3 is 10.6 Å². The van der Waals surface area contributed by atoms with Crippen molar-refractivity contribution in [3.8, 4) is 0 Å². The van der Waals surface area contributed by atoms with Gasteiger partial charge in [0.2, 0.25) is 5.91 Å². The Balaban J connectivity index is 0.00000324. The molecule has 0 bridgehead atoms. The van der Waals surface area contributed by atoms with E-state index in [1.165, 1.54) is 25.7 Å². The highest BCUT2D eigenvalue weighted by molar-refractivity contribution is 5.85. The van der Waals surface area contributed by atoms with Gasteiger partial charge in [-0.05, 0) is 36.6 Å². The summed E-state index contributed by atoms with van der Waals surface area (Å²) in [5, 5.41) is 0. The van der Waals surface area contributed by atoms with Crippen LogP contribution in [0.25, 0.3) is 0 Å². The summed E-state index contributed by atoms with van der Waals surface area (Å²) in [6.07, 6.45) is 5.80. The maximum Gasteiger partial charge on any atom is 0.222 e. The molecule has 0 radical (unpaired) electrons. The Morgan fingerprint density at radius 1 is 1.37 bits per heavy atom. The molecule has 2 atom stereocenters. The SMILES string of the molecule is CC1CCCC(CC(=O)N(C)CC(C)(C)CN)C1.Cl. The average molecular weight is 291 g/mol. The first-order valence-electron chi connectivity index (χ1n) is 7.28. The molecule has 1 rings (SSSR count). The Kier molecular flexibility index (Phi) is 7.99. The normalized spacial score (nSPS) is 23.6. The molecule has 1 aliphatic carbocycles. The highest BCUT2D eigenvalue weighted by Gasteiger charge is 2.25. The fraction of sp³-hybridized carbons (Fsp3) is 0.933. The van der Waals surface area contributed by atoms with Crippen LogP contribution in [-0.2, 0) is 4.79 Å². The van der Waals surface area contributed by atoms with Crippen LogP contribution in [0.4, 0.5) is 0 Å². The third-order valence-corrected chi connectivity index (χ3v) is 4.15. The van der Waals surface area contributed by atoms with Gasteiger partial charge in [-0.25, -0.2) is 0 Å². The summed E-state index contributed by atoms with van der Waals surface area (Å²) in [6, 6.07) is 0. The van der Waals surface area contributed by atoms with E-state index in [-0.39, 0.29) is 23.7 Å². The molecule has 0 aromatic rings. The van der Waals surface area contributed by atoms with Gasteiger partial charge in [0.15, 0.2) is 0 Å². The molecule has 0 aromatic heterocycles. The lowest BCUT2D eigenvalue weighted by molar-refractivity contribution is -0.132. The molecule has 19 heavy (non-hydrogen) atoms. The first-order valence-corrected chi connectivity index (χ1v) is 7.28. The molecule has 1 amide bonds. The first-order chi connectivity index (χ1) is 8.34. The zero-order valence-corrected chi connectivity index (χ0v) is 13.8. The third kappa shape index (κ3) is 6.62. The van der Waals surface area contributed by atoms with E-state index < -0.39 is 0 Å². The van der Waals surface area contributed by atoms with Crippen LogP contribution >= 0.6 is 12.4 Å². The quantitative estimate of drug-likeness (QED) is 0.846. The highest BCUT2D eigenvalue weighted by atomic mass is 35.5. The molecule has 114 valence electrons. The monoisotopic (exact) mass is 290 g/mol. The number of nitrogens with two attached hydrogens (primary N) is 1. The van der Waals surface area contributed by atoms with Crippen molar-refractivity contribution < 1.29 is 4.79 Å². The van der Waals surface area contributed by atoms with Crippen LogP contribution in [0.15, 0.2) is 0 Å². The molecule has 1 fully saturated rings. The van der Waals surface area contributed by atoms with Gasteiger partial charge in [-0.15, -0.1) is 12.4 Å². The van der Waals surface area contributed by atoms with E-state index in [2.05, 4.69) is 20.8 Å². The largest absolute Gasteiger partial charge is 0.345 e. The van der Waals surface area contributed by atoms with E-state index in [1.807, 2.05) is 11.9 Å². The molecule has 0 saturated heterocycles. The second-order valence-corrected chi connectivity index (χ2v) is 6.96. The number of amides is 1. The van der Waals surface area contributed by atoms with E-state index >= 15 is 0 Å². The highest BCUT2D eigenvalue weighted by Crippen LogP contribution is 2.31. The molecule has 0 spiro atoms. The number of carbonyl (C=O) groups is 1. The Morgan fingerprint density at radius 3 is 2.53 bits per heavy atom. The van der Waals surface area contributed by atoms with Crippen molar-refractivity contribution in [2.75, 3.05) is 20.1 Å². The van der Waals surface area contributed by atoms with Gasteiger partial charge in [0, 0.05) is 20.0 Å². The molecular weight excluding hydrogens is 260 g/mol. The molecule has 0 aliphatic heterocycles. The summed E-state index contributed by atoms with van der Waals surface area (Å²) in [5.41, 5.74) is 5.74. The molecule has 4 heteroatoms. The number of nitrogens with zero attached hydrogens (tertiary/aromatic N) is 1. The summed E-state index contributed by atoms with van der Waals surface area (Å²) in [4.78, 5) is 14.1. The molecule has 2 N–H and O–H groups in total. The number of halogens is 1. The lowest BCUT2D eigenvalue weighted by Gasteiger charge is -2.31. The molecule has 2 unspecified atom stereocenters. The molecule has 1 aliphatic rings. The van der Waals surface area contributed by atoms with Gasteiger partial charge in [-0.1, -0.05) is 33.6 Å². The minimum absolute atomic E-state index is 0. The lowest BCUT2D eigenvalue weighted by atomic mass is 9.80. The van der Waals surface area contributed by atoms with Gasteiger partial charge in [-0.3, -0.25) is 4.79 Å². The van der Waals surface area contributed by atoms with Crippen molar-refractivity contribution in [2.24, 2.45) is 23.0 Å². The van der Waals surface area contributed by atoms with Crippen LogP contribution in [-0.4, -0.2) is 30.9 Å². The van der Waals surface area contributed by atoms with Crippen molar-refractivity contribution in [1.82, 2.24) is 4.90 Å². The summed E-state index contributed by atoms with van der Waals surface area (Å²) < 4.78 is 0. The van der Waals surface area contributed by atoms with Crippen molar-refractivity contribution in [1.29, 1.82) is 0 Å². The maximum absolute atomic E-state index is 12.2. The van der Waals surface area contributed by atoms with Crippen molar-refractivity contribution in [3.05, 3.63) is 0 Å². The van der Waals surface area contributed by atoms with E-state index in [1.54, 1.807) is 0 Å². The Labute approximate surface area is 124 Å². The summed E-state index contributed by atoms with van der Waals surface area (Å²) in [6.45, 7) is 7.90. The van der Waals surface area contributed by atoms with E-state index in [9.17, 15) is 4.79 Å². The van der Waals surface area contributed by atoms with Gasteiger partial charge >= 0.3 is 0 Å². The second kappa shape index (κ2) is 8.11. The zero-order chi connectivity index (χ0) is 13.8. The minimum Gasteiger partial charge on any atom is -0.345 e. The Morgan fingerprint density at radius 2 is 2.00 bits per heavy atom. The fourth-order valence-corrected chi connectivity index (χ4v) is 2.94. The van der Waals surface area contributed by atoms with Gasteiger partial charge in [0.1, 0.15) is 0 Å². The topological polar surface area (TPSA) is 46.3 Å². The first kappa shape index (κ1) is 18.7. The van der Waals surface area contributed by atoms with Crippen LogP contribution in [0, 0.1) is 17.3 Å². The van der Waals surface area contributed by atoms with Crippen molar-refractivity contribution in [2.45, 2.75) is 52.9 Å². The second-order valence-electron chi connectivity index (χ2n) is 6.96. The molecule has 3 nitrogen and oxygen atoms in total. The standard InChI is InChI=1S/C15H30N2O.ClH/c1-12-6-5-7-13(8-12)9-14(18)17(4)11-15(2,3)10-16;/h12-13H,5-11,16H2,1-4H3;1H. The summed E-state index contributed by atoms with van der Waals surface area (Å²) in [5.74, 6) is 1.68. The van der Waals surface area contributed by atoms with Gasteiger partial charge in [0.05, 0.1) is 0 Å². The smallest absolute Gasteiger partial charge is 0.222 e. The Hall–Kier alpha value is -0.280. The third-order valence-electron chi connectivity index (χ3n) is 4.15. The zero-order valence-electron chi connectivity index (χ0n) is 12.9. The number of hydrogen-bond donors (Lipinski definition) is 1. The molecule has 1 saturated carbocycles. The predicted octanol–water partition coefficient (Wildman–Crippen LogP) is 3.07. The van der Waals surface area contributed by atoms with E-state index in [0.717, 1.165) is 18.9 Å². The van der Waals surface area contributed by atoms with Crippen LogP contribution in [0.5, 0.6) is 0 Å². The average Bonchev–Trinajstić information content (AvgIpc) is 2.28.